The molecule has 0 saturated carbocycles. The minimum Gasteiger partial charge on any atom is -0.495 e. The number of rotatable bonds is 5. The molecule has 1 amide bonds. The summed E-state index contributed by atoms with van der Waals surface area (Å²) in [4.78, 5) is 15.2. The summed E-state index contributed by atoms with van der Waals surface area (Å²) < 4.78 is 10.5. The number of nitrogens with two attached hydrogens (primary N) is 2. The van der Waals surface area contributed by atoms with Gasteiger partial charge in [0.2, 0.25) is 5.91 Å². The third-order valence-electron chi connectivity index (χ3n) is 3.31. The van der Waals surface area contributed by atoms with Gasteiger partial charge in [0.15, 0.2) is 5.96 Å². The molecule has 0 radical (unpaired) electrons. The van der Waals surface area contributed by atoms with Crippen molar-refractivity contribution in [2.75, 3.05) is 19.0 Å². The van der Waals surface area contributed by atoms with Crippen LogP contribution in [0.15, 0.2) is 23.2 Å². The number of nitrogens with one attached hydrogen (secondary N) is 1. The van der Waals surface area contributed by atoms with Crippen LogP contribution in [-0.2, 0) is 9.53 Å². The maximum Gasteiger partial charge on any atom is 0.246 e. The Kier molecular flexibility index (Phi) is 7.86. The number of guanidine groups is 1. The van der Waals surface area contributed by atoms with Gasteiger partial charge >= 0.3 is 0 Å². The molecule has 0 bridgehead atoms. The molecule has 23 heavy (non-hydrogen) atoms. The number of primary amides is 1. The monoisotopic (exact) mass is 454 g/mol. The highest BCUT2D eigenvalue weighted by Gasteiger charge is 2.28. The SMILES string of the molecule is COc1ccc(NC(N)=NCC2CCC(C(N)=O)O2)cc1Cl.I. The predicted octanol–water partition coefficient (Wildman–Crippen LogP) is 1.73. The molecule has 2 rings (SSSR count). The lowest BCUT2D eigenvalue weighted by molar-refractivity contribution is -0.128. The van der Waals surface area contributed by atoms with E-state index in [1.165, 1.54) is 0 Å². The van der Waals surface area contributed by atoms with E-state index in [-0.39, 0.29) is 36.0 Å². The van der Waals surface area contributed by atoms with E-state index in [2.05, 4.69) is 10.3 Å². The molecule has 1 aromatic rings. The number of nitrogens with zero attached hydrogens (tertiary/aromatic N) is 1. The lowest BCUT2D eigenvalue weighted by Gasteiger charge is -2.11. The molecule has 0 aliphatic carbocycles. The number of methoxy groups -OCH3 is 1. The molecule has 1 saturated heterocycles. The van der Waals surface area contributed by atoms with Gasteiger partial charge in [0, 0.05) is 5.69 Å². The van der Waals surface area contributed by atoms with Gasteiger partial charge in [-0.1, -0.05) is 11.6 Å². The molecule has 5 N–H and O–H groups in total. The predicted molar refractivity (Wildman–Crippen MR) is 101 cm³/mol. The van der Waals surface area contributed by atoms with E-state index in [0.717, 1.165) is 6.42 Å². The van der Waals surface area contributed by atoms with E-state index in [9.17, 15) is 4.79 Å². The first-order valence-corrected chi connectivity index (χ1v) is 7.22. The molecule has 1 aromatic carbocycles. The molecule has 0 spiro atoms. The van der Waals surface area contributed by atoms with Gasteiger partial charge in [-0.25, -0.2) is 0 Å². The van der Waals surface area contributed by atoms with Crippen molar-refractivity contribution < 1.29 is 14.3 Å². The molecule has 1 aliphatic heterocycles. The van der Waals surface area contributed by atoms with Crippen LogP contribution in [0.4, 0.5) is 5.69 Å². The minimum absolute atomic E-state index is 0. The largest absolute Gasteiger partial charge is 0.495 e. The lowest BCUT2D eigenvalue weighted by Crippen LogP contribution is -2.29. The Hall–Kier alpha value is -1.26. The van der Waals surface area contributed by atoms with E-state index in [0.29, 0.717) is 29.4 Å². The number of hydrogen-bond acceptors (Lipinski definition) is 4. The molecule has 128 valence electrons. The van der Waals surface area contributed by atoms with Crippen molar-refractivity contribution >= 4 is 53.1 Å². The summed E-state index contributed by atoms with van der Waals surface area (Å²) >= 11 is 6.03. The summed E-state index contributed by atoms with van der Waals surface area (Å²) in [5, 5.41) is 3.41. The average Bonchev–Trinajstić information content (AvgIpc) is 2.94. The maximum atomic E-state index is 11.0. The van der Waals surface area contributed by atoms with E-state index >= 15 is 0 Å². The van der Waals surface area contributed by atoms with Gasteiger partial charge in [0.25, 0.3) is 0 Å². The molecule has 7 nitrogen and oxygen atoms in total. The van der Waals surface area contributed by atoms with Crippen LogP contribution in [0.1, 0.15) is 12.8 Å². The summed E-state index contributed by atoms with van der Waals surface area (Å²) in [6, 6.07) is 5.20. The van der Waals surface area contributed by atoms with Crippen LogP contribution >= 0.6 is 35.6 Å². The summed E-state index contributed by atoms with van der Waals surface area (Å²) in [6.45, 7) is 0.368. The van der Waals surface area contributed by atoms with Crippen LogP contribution < -0.4 is 21.5 Å². The Morgan fingerprint density at radius 2 is 2.22 bits per heavy atom. The first kappa shape index (κ1) is 19.8. The third kappa shape index (κ3) is 5.70. The number of benzene rings is 1. The number of hydrogen-bond donors (Lipinski definition) is 3. The quantitative estimate of drug-likeness (QED) is 0.356. The van der Waals surface area contributed by atoms with Gasteiger partial charge in [-0.05, 0) is 31.0 Å². The molecular weight excluding hydrogens is 435 g/mol. The number of aliphatic imine (C=N–C) groups is 1. The number of ether oxygens (including phenoxy) is 2. The molecule has 2 atom stereocenters. The number of carbonyl (C=O) groups is 1. The van der Waals surface area contributed by atoms with Gasteiger partial charge < -0.3 is 26.3 Å². The summed E-state index contributed by atoms with van der Waals surface area (Å²) in [7, 11) is 1.55. The van der Waals surface area contributed by atoms with Crippen LogP contribution in [0, 0.1) is 0 Å². The first-order chi connectivity index (χ1) is 10.5. The van der Waals surface area contributed by atoms with Crippen LogP contribution in [0.5, 0.6) is 5.75 Å². The Labute approximate surface area is 156 Å². The van der Waals surface area contributed by atoms with E-state index < -0.39 is 12.0 Å². The van der Waals surface area contributed by atoms with Crippen LogP contribution in [0.25, 0.3) is 0 Å². The second-order valence-electron chi connectivity index (χ2n) is 4.93. The van der Waals surface area contributed by atoms with Gasteiger partial charge in [-0.2, -0.15) is 0 Å². The highest BCUT2D eigenvalue weighted by molar-refractivity contribution is 14.0. The van der Waals surface area contributed by atoms with Gasteiger partial charge in [-0.3, -0.25) is 9.79 Å². The second kappa shape index (κ2) is 9.14. The van der Waals surface area contributed by atoms with Crippen molar-refractivity contribution in [1.82, 2.24) is 0 Å². The second-order valence-corrected chi connectivity index (χ2v) is 5.33. The molecule has 2 unspecified atom stereocenters. The Bertz CT molecular complexity index is 585. The fourth-order valence-corrected chi connectivity index (χ4v) is 2.44. The maximum absolute atomic E-state index is 11.0. The molecule has 1 heterocycles. The number of amides is 1. The molecular formula is C14H20ClIN4O3. The van der Waals surface area contributed by atoms with Crippen molar-refractivity contribution in [3.63, 3.8) is 0 Å². The van der Waals surface area contributed by atoms with E-state index in [1.54, 1.807) is 25.3 Å². The first-order valence-electron chi connectivity index (χ1n) is 6.85. The Morgan fingerprint density at radius 3 is 2.78 bits per heavy atom. The summed E-state index contributed by atoms with van der Waals surface area (Å²) in [5.74, 6) is 0.386. The lowest BCUT2D eigenvalue weighted by atomic mass is 10.2. The number of carbonyl (C=O) groups excluding carboxylic acids is 1. The van der Waals surface area contributed by atoms with Crippen molar-refractivity contribution in [2.24, 2.45) is 16.5 Å². The normalized spacial score (nSPS) is 20.7. The Balaban J connectivity index is 0.00000264. The third-order valence-corrected chi connectivity index (χ3v) is 3.61. The molecule has 1 aliphatic rings. The standard InChI is InChI=1S/C14H19ClN4O3.HI/c1-21-11-4-2-8(6-10(11)15)19-14(17)18-7-9-3-5-12(22-9)13(16)20;/h2,4,6,9,12H,3,5,7H2,1H3,(H2,16,20)(H3,17,18,19);1H. The van der Waals surface area contributed by atoms with Crippen molar-refractivity contribution in [3.05, 3.63) is 23.2 Å². The summed E-state index contributed by atoms with van der Waals surface area (Å²) in [6.07, 6.45) is 0.697. The van der Waals surface area contributed by atoms with Crippen molar-refractivity contribution in [3.8, 4) is 5.75 Å². The highest BCUT2D eigenvalue weighted by Crippen LogP contribution is 2.27. The fraction of sp³-hybridized carbons (Fsp3) is 0.429. The molecule has 0 aromatic heterocycles. The van der Waals surface area contributed by atoms with Gasteiger partial charge in [0.1, 0.15) is 11.9 Å². The van der Waals surface area contributed by atoms with Gasteiger partial charge in [-0.15, -0.1) is 24.0 Å². The smallest absolute Gasteiger partial charge is 0.246 e. The molecule has 1 fully saturated rings. The van der Waals surface area contributed by atoms with Crippen LogP contribution in [-0.4, -0.2) is 37.7 Å². The number of anilines is 1. The number of halogens is 2. The zero-order valence-electron chi connectivity index (χ0n) is 12.6. The zero-order chi connectivity index (χ0) is 16.1. The average molecular weight is 455 g/mol. The van der Waals surface area contributed by atoms with Gasteiger partial charge in [0.05, 0.1) is 24.8 Å². The topological polar surface area (TPSA) is 112 Å². The van der Waals surface area contributed by atoms with Crippen LogP contribution in [0.2, 0.25) is 5.02 Å². The highest BCUT2D eigenvalue weighted by atomic mass is 127. The Morgan fingerprint density at radius 1 is 1.48 bits per heavy atom. The van der Waals surface area contributed by atoms with Crippen molar-refractivity contribution in [1.29, 1.82) is 0 Å². The molecule has 9 heteroatoms. The van der Waals surface area contributed by atoms with Crippen molar-refractivity contribution in [2.45, 2.75) is 25.0 Å². The minimum atomic E-state index is -0.519. The summed E-state index contributed by atoms with van der Waals surface area (Å²) in [5.41, 5.74) is 11.7. The van der Waals surface area contributed by atoms with Crippen LogP contribution in [0.3, 0.4) is 0 Å². The van der Waals surface area contributed by atoms with E-state index in [1.807, 2.05) is 0 Å². The fourth-order valence-electron chi connectivity index (χ4n) is 2.18. The zero-order valence-corrected chi connectivity index (χ0v) is 15.7. The van der Waals surface area contributed by atoms with E-state index in [4.69, 9.17) is 32.5 Å².